The molecule has 0 bridgehead atoms. The normalized spacial score (nSPS) is 17.3. The van der Waals surface area contributed by atoms with E-state index in [0.717, 1.165) is 16.1 Å². The van der Waals surface area contributed by atoms with Crippen molar-refractivity contribution in [3.63, 3.8) is 0 Å². The Hall–Kier alpha value is -1.53. The lowest BCUT2D eigenvalue weighted by atomic mass is 10.1. The van der Waals surface area contributed by atoms with Gasteiger partial charge in [-0.05, 0) is 12.1 Å². The second kappa shape index (κ2) is 4.99. The fourth-order valence-electron chi connectivity index (χ4n) is 1.63. The van der Waals surface area contributed by atoms with Crippen LogP contribution in [-0.4, -0.2) is 36.6 Å². The summed E-state index contributed by atoms with van der Waals surface area (Å²) < 4.78 is 0. The summed E-state index contributed by atoms with van der Waals surface area (Å²) in [5, 5.41) is 2.73. The minimum Gasteiger partial charge on any atom is -0.348 e. The van der Waals surface area contributed by atoms with Crippen LogP contribution in [0.15, 0.2) is 23.1 Å². The highest BCUT2D eigenvalue weighted by atomic mass is 32.2. The van der Waals surface area contributed by atoms with Crippen molar-refractivity contribution in [2.75, 3.05) is 25.2 Å². The van der Waals surface area contributed by atoms with Gasteiger partial charge in [-0.2, -0.15) is 0 Å². The molecule has 0 spiro atoms. The number of carbonyl (C=O) groups excluding carboxylic acids is 2. The average Bonchev–Trinajstić information content (AvgIpc) is 2.61. The molecule has 1 unspecified atom stereocenters. The van der Waals surface area contributed by atoms with Crippen molar-refractivity contribution in [3.8, 4) is 0 Å². The maximum Gasteiger partial charge on any atom is 0.245 e. The van der Waals surface area contributed by atoms with E-state index in [1.54, 1.807) is 19.0 Å². The van der Waals surface area contributed by atoms with E-state index in [1.807, 2.05) is 18.2 Å². The van der Waals surface area contributed by atoms with E-state index in [0.29, 0.717) is 5.75 Å². The molecule has 0 radical (unpaired) electrons. The third kappa shape index (κ3) is 2.49. The second-order valence-electron chi connectivity index (χ2n) is 4.29. The number of nitrogens with two attached hydrogens (primary N) is 1. The summed E-state index contributed by atoms with van der Waals surface area (Å²) in [5.74, 6) is 0.254. The zero-order valence-electron chi connectivity index (χ0n) is 10.3. The van der Waals surface area contributed by atoms with Gasteiger partial charge in [-0.1, -0.05) is 6.07 Å². The Bertz CT molecular complexity index is 502. The lowest BCUT2D eigenvalue weighted by molar-refractivity contribution is -0.125. The molecule has 0 aliphatic carbocycles. The molecule has 1 aliphatic rings. The van der Waals surface area contributed by atoms with Crippen LogP contribution in [-0.2, 0) is 9.59 Å². The van der Waals surface area contributed by atoms with Gasteiger partial charge in [-0.15, -0.1) is 11.8 Å². The molecule has 1 atom stereocenters. The van der Waals surface area contributed by atoms with Crippen LogP contribution >= 0.6 is 11.8 Å². The summed E-state index contributed by atoms with van der Waals surface area (Å²) in [4.78, 5) is 25.4. The van der Waals surface area contributed by atoms with Gasteiger partial charge in [0.1, 0.15) is 6.04 Å². The largest absolute Gasteiger partial charge is 0.348 e. The number of benzene rings is 1. The first kappa shape index (κ1) is 12.9. The van der Waals surface area contributed by atoms with E-state index in [1.165, 1.54) is 11.8 Å². The van der Waals surface area contributed by atoms with Crippen LogP contribution in [0.25, 0.3) is 0 Å². The summed E-state index contributed by atoms with van der Waals surface area (Å²) in [7, 11) is 3.45. The van der Waals surface area contributed by atoms with Crippen LogP contribution in [0.3, 0.4) is 0 Å². The molecule has 3 N–H and O–H groups in total. The molecular weight excluding hydrogens is 250 g/mol. The number of amides is 2. The van der Waals surface area contributed by atoms with E-state index in [2.05, 4.69) is 5.32 Å². The van der Waals surface area contributed by atoms with Gasteiger partial charge >= 0.3 is 0 Å². The van der Waals surface area contributed by atoms with E-state index < -0.39 is 6.04 Å². The van der Waals surface area contributed by atoms with E-state index in [9.17, 15) is 9.59 Å². The number of hydrogen-bond acceptors (Lipinski definition) is 4. The molecule has 96 valence electrons. The molecular formula is C12H15N3O2S. The van der Waals surface area contributed by atoms with Crippen LogP contribution in [0.4, 0.5) is 5.69 Å². The fourth-order valence-corrected chi connectivity index (χ4v) is 2.54. The molecule has 2 rings (SSSR count). The van der Waals surface area contributed by atoms with Crippen LogP contribution < -0.4 is 11.1 Å². The first-order chi connectivity index (χ1) is 8.49. The number of nitrogens with zero attached hydrogens (tertiary/aromatic N) is 1. The maximum atomic E-state index is 11.5. The predicted octanol–water partition coefficient (Wildman–Crippen LogP) is 0.819. The second-order valence-corrected chi connectivity index (χ2v) is 5.34. The lowest BCUT2D eigenvalue weighted by Crippen LogP contribution is -2.23. The number of nitrogens with one attached hydrogen (secondary N) is 1. The Balaban J connectivity index is 2.07. The molecule has 1 aromatic carbocycles. The van der Waals surface area contributed by atoms with Crippen molar-refractivity contribution < 1.29 is 9.59 Å². The van der Waals surface area contributed by atoms with Gasteiger partial charge in [0.25, 0.3) is 0 Å². The highest BCUT2D eigenvalue weighted by Crippen LogP contribution is 2.32. The smallest absolute Gasteiger partial charge is 0.245 e. The summed E-state index contributed by atoms with van der Waals surface area (Å²) in [6, 6.07) is 4.99. The molecule has 0 fully saturated rings. The van der Waals surface area contributed by atoms with Gasteiger partial charge in [-0.25, -0.2) is 0 Å². The Morgan fingerprint density at radius 2 is 2.22 bits per heavy atom. The molecule has 18 heavy (non-hydrogen) atoms. The standard InChI is InChI=1S/C12H15N3O2S/c1-15(2)10(16)6-18-7-3-4-8-9(5-7)14-12(17)11(8)13/h3-5,11H,6,13H2,1-2H3,(H,14,17). The molecule has 0 saturated heterocycles. The molecule has 0 aromatic heterocycles. The van der Waals surface area contributed by atoms with Crippen molar-refractivity contribution in [2.45, 2.75) is 10.9 Å². The van der Waals surface area contributed by atoms with Gasteiger partial charge in [-0.3, -0.25) is 9.59 Å². The zero-order valence-corrected chi connectivity index (χ0v) is 11.1. The van der Waals surface area contributed by atoms with Crippen molar-refractivity contribution in [3.05, 3.63) is 23.8 Å². The Labute approximate surface area is 110 Å². The number of thioether (sulfide) groups is 1. The van der Waals surface area contributed by atoms with Crippen molar-refractivity contribution in [1.29, 1.82) is 0 Å². The molecule has 1 aromatic rings. The highest BCUT2D eigenvalue weighted by Gasteiger charge is 2.26. The minimum absolute atomic E-state index is 0.0567. The Morgan fingerprint density at radius 1 is 1.50 bits per heavy atom. The summed E-state index contributed by atoms with van der Waals surface area (Å²) in [6.45, 7) is 0. The van der Waals surface area contributed by atoms with E-state index >= 15 is 0 Å². The molecule has 2 amide bonds. The first-order valence-electron chi connectivity index (χ1n) is 5.52. The molecule has 0 saturated carbocycles. The topological polar surface area (TPSA) is 75.4 Å². The predicted molar refractivity (Wildman–Crippen MR) is 71.4 cm³/mol. The lowest BCUT2D eigenvalue weighted by Gasteiger charge is -2.10. The zero-order chi connectivity index (χ0) is 13.3. The molecule has 1 aliphatic heterocycles. The van der Waals surface area contributed by atoms with Crippen molar-refractivity contribution >= 4 is 29.3 Å². The van der Waals surface area contributed by atoms with E-state index in [4.69, 9.17) is 5.73 Å². The van der Waals surface area contributed by atoms with Crippen molar-refractivity contribution in [2.24, 2.45) is 5.73 Å². The third-order valence-corrected chi connectivity index (χ3v) is 3.74. The highest BCUT2D eigenvalue weighted by molar-refractivity contribution is 8.00. The third-order valence-electron chi connectivity index (χ3n) is 2.76. The number of hydrogen-bond donors (Lipinski definition) is 2. The van der Waals surface area contributed by atoms with Crippen LogP contribution in [0.1, 0.15) is 11.6 Å². The number of rotatable bonds is 3. The minimum atomic E-state index is -0.581. The fraction of sp³-hybridized carbons (Fsp3) is 0.333. The molecule has 5 nitrogen and oxygen atoms in total. The van der Waals surface area contributed by atoms with Crippen LogP contribution in [0, 0.1) is 0 Å². The van der Waals surface area contributed by atoms with Crippen molar-refractivity contribution in [1.82, 2.24) is 4.90 Å². The number of fused-ring (bicyclic) bond motifs is 1. The first-order valence-corrected chi connectivity index (χ1v) is 6.51. The summed E-state index contributed by atoms with van der Waals surface area (Å²) in [6.07, 6.45) is 0. The Kier molecular flexibility index (Phi) is 3.58. The SMILES string of the molecule is CN(C)C(=O)CSc1ccc2c(c1)NC(=O)C2N. The monoisotopic (exact) mass is 265 g/mol. The molecule has 1 heterocycles. The number of anilines is 1. The Morgan fingerprint density at radius 3 is 2.89 bits per heavy atom. The average molecular weight is 265 g/mol. The maximum absolute atomic E-state index is 11.5. The summed E-state index contributed by atoms with van der Waals surface area (Å²) in [5.41, 5.74) is 7.28. The van der Waals surface area contributed by atoms with Gasteiger partial charge in [0.05, 0.1) is 5.75 Å². The molecule has 6 heteroatoms. The van der Waals surface area contributed by atoms with Gasteiger partial charge in [0.15, 0.2) is 0 Å². The quantitative estimate of drug-likeness (QED) is 0.793. The van der Waals surface area contributed by atoms with Crippen LogP contribution in [0.2, 0.25) is 0 Å². The van der Waals surface area contributed by atoms with Gasteiger partial charge < -0.3 is 16.0 Å². The van der Waals surface area contributed by atoms with Gasteiger partial charge in [0, 0.05) is 30.2 Å². The summed E-state index contributed by atoms with van der Waals surface area (Å²) >= 11 is 1.44. The van der Waals surface area contributed by atoms with Crippen LogP contribution in [0.5, 0.6) is 0 Å². The van der Waals surface area contributed by atoms with E-state index in [-0.39, 0.29) is 11.8 Å². The van der Waals surface area contributed by atoms with Gasteiger partial charge in [0.2, 0.25) is 11.8 Å². The number of carbonyl (C=O) groups is 2.